The Morgan fingerprint density at radius 3 is 2.62 bits per heavy atom. The van der Waals surface area contributed by atoms with Crippen LogP contribution in [0.5, 0.6) is 5.75 Å². The molecule has 0 aliphatic rings. The van der Waals surface area contributed by atoms with Gasteiger partial charge in [-0.1, -0.05) is 48.0 Å². The van der Waals surface area contributed by atoms with Crippen LogP contribution in [0.1, 0.15) is 17.0 Å². The first kappa shape index (κ1) is 18.6. The van der Waals surface area contributed by atoms with Crippen LogP contribution < -0.4 is 10.1 Å². The van der Waals surface area contributed by atoms with Gasteiger partial charge in [-0.05, 0) is 25.1 Å². The summed E-state index contributed by atoms with van der Waals surface area (Å²) in [5, 5.41) is 15.8. The molecule has 0 radical (unpaired) electrons. The Balaban J connectivity index is 1.50. The number of rotatable bonds is 6. The molecule has 0 atom stereocenters. The van der Waals surface area contributed by atoms with Gasteiger partial charge in [-0.15, -0.1) is 10.2 Å². The Hall–Kier alpha value is -3.74. The second kappa shape index (κ2) is 8.10. The van der Waals surface area contributed by atoms with Gasteiger partial charge in [-0.25, -0.2) is 0 Å². The predicted octanol–water partition coefficient (Wildman–Crippen LogP) is 2.97. The molecule has 2 aromatic heterocycles. The number of nitrogens with zero attached hydrogens (tertiary/aromatic N) is 4. The zero-order valence-corrected chi connectivity index (χ0v) is 16.3. The summed E-state index contributed by atoms with van der Waals surface area (Å²) in [6.45, 7) is 2.28. The van der Waals surface area contributed by atoms with Crippen molar-refractivity contribution >= 4 is 11.6 Å². The van der Waals surface area contributed by atoms with Crippen LogP contribution in [-0.4, -0.2) is 32.8 Å². The lowest BCUT2D eigenvalue weighted by atomic mass is 10.1. The van der Waals surface area contributed by atoms with Gasteiger partial charge in [0.2, 0.25) is 5.91 Å². The zero-order valence-electron chi connectivity index (χ0n) is 16.3. The lowest BCUT2D eigenvalue weighted by molar-refractivity contribution is -0.120. The third kappa shape index (κ3) is 4.08. The molecule has 0 spiro atoms. The van der Waals surface area contributed by atoms with E-state index in [9.17, 15) is 4.79 Å². The highest BCUT2D eigenvalue weighted by Gasteiger charge is 2.12. The number of carbonyl (C=O) groups is 1. The van der Waals surface area contributed by atoms with Crippen LogP contribution >= 0.6 is 0 Å². The van der Waals surface area contributed by atoms with E-state index < -0.39 is 0 Å². The van der Waals surface area contributed by atoms with Gasteiger partial charge in [0.05, 0.1) is 25.8 Å². The molecule has 0 aliphatic carbocycles. The summed E-state index contributed by atoms with van der Waals surface area (Å²) in [4.78, 5) is 12.4. The molecule has 146 valence electrons. The van der Waals surface area contributed by atoms with E-state index in [4.69, 9.17) is 4.74 Å². The highest BCUT2D eigenvalue weighted by Crippen LogP contribution is 2.19. The minimum Gasteiger partial charge on any atom is -0.496 e. The Morgan fingerprint density at radius 2 is 1.83 bits per heavy atom. The number of ether oxygens (including phenoxy) is 1. The number of fused-ring (bicyclic) bond motifs is 1. The fourth-order valence-corrected chi connectivity index (χ4v) is 3.08. The average molecular weight is 387 g/mol. The largest absolute Gasteiger partial charge is 0.496 e. The first-order valence-corrected chi connectivity index (χ1v) is 9.31. The van der Waals surface area contributed by atoms with Crippen molar-refractivity contribution in [3.05, 3.63) is 77.6 Å². The fraction of sp³-hybridized carbons (Fsp3) is 0.182. The van der Waals surface area contributed by atoms with E-state index in [1.165, 1.54) is 5.56 Å². The minimum absolute atomic E-state index is 0.124. The maximum Gasteiger partial charge on any atom is 0.224 e. The minimum atomic E-state index is -0.124. The zero-order chi connectivity index (χ0) is 20.2. The normalized spacial score (nSPS) is 10.8. The number of amides is 1. The molecule has 1 amide bonds. The second-order valence-electron chi connectivity index (χ2n) is 6.74. The van der Waals surface area contributed by atoms with Crippen LogP contribution in [0.4, 0.5) is 0 Å². The van der Waals surface area contributed by atoms with Crippen LogP contribution in [0.15, 0.2) is 60.7 Å². The van der Waals surface area contributed by atoms with Gasteiger partial charge in [-0.2, -0.15) is 9.61 Å². The van der Waals surface area contributed by atoms with E-state index in [1.807, 2.05) is 67.6 Å². The third-order valence-electron chi connectivity index (χ3n) is 4.66. The van der Waals surface area contributed by atoms with Crippen LogP contribution in [0.2, 0.25) is 0 Å². The topological polar surface area (TPSA) is 81.4 Å². The highest BCUT2D eigenvalue weighted by molar-refractivity contribution is 5.79. The molecule has 1 N–H and O–H groups in total. The highest BCUT2D eigenvalue weighted by atomic mass is 16.5. The van der Waals surface area contributed by atoms with Gasteiger partial charge < -0.3 is 10.1 Å². The Morgan fingerprint density at radius 1 is 1.03 bits per heavy atom. The quantitative estimate of drug-likeness (QED) is 0.550. The molecule has 2 heterocycles. The van der Waals surface area contributed by atoms with Crippen molar-refractivity contribution < 1.29 is 9.53 Å². The predicted molar refractivity (Wildman–Crippen MR) is 109 cm³/mol. The molecule has 0 saturated heterocycles. The van der Waals surface area contributed by atoms with Gasteiger partial charge in [0.25, 0.3) is 0 Å². The van der Waals surface area contributed by atoms with Crippen molar-refractivity contribution in [2.45, 2.75) is 19.9 Å². The number of hydrogen-bond donors (Lipinski definition) is 1. The summed E-state index contributed by atoms with van der Waals surface area (Å²) in [6.07, 6.45) is 0.225. The van der Waals surface area contributed by atoms with E-state index in [0.29, 0.717) is 17.2 Å². The monoisotopic (exact) mass is 387 g/mol. The van der Waals surface area contributed by atoms with Gasteiger partial charge in [0, 0.05) is 11.1 Å². The number of hydrogen-bond acceptors (Lipinski definition) is 5. The van der Waals surface area contributed by atoms with Gasteiger partial charge in [0.1, 0.15) is 5.75 Å². The maximum atomic E-state index is 12.4. The first-order valence-electron chi connectivity index (χ1n) is 9.31. The molecule has 7 heteroatoms. The van der Waals surface area contributed by atoms with Gasteiger partial charge in [-0.3, -0.25) is 4.79 Å². The number of carbonyl (C=O) groups excluding carboxylic acids is 1. The molecular formula is C22H21N5O2. The molecule has 29 heavy (non-hydrogen) atoms. The van der Waals surface area contributed by atoms with E-state index in [1.54, 1.807) is 11.6 Å². The molecule has 4 rings (SSSR count). The Labute approximate surface area is 168 Å². The summed E-state index contributed by atoms with van der Waals surface area (Å²) in [5.74, 6) is 1.14. The van der Waals surface area contributed by atoms with Crippen molar-refractivity contribution in [3.8, 4) is 17.0 Å². The smallest absolute Gasteiger partial charge is 0.224 e. The van der Waals surface area contributed by atoms with Crippen molar-refractivity contribution in [1.82, 2.24) is 25.1 Å². The lowest BCUT2D eigenvalue weighted by Gasteiger charge is -2.08. The molecule has 0 unspecified atom stereocenters. The lowest BCUT2D eigenvalue weighted by Crippen LogP contribution is -2.26. The maximum absolute atomic E-state index is 12.4. The SMILES string of the molecule is COc1ccccc1CC(=O)NCc1nnc2ccc(-c3ccc(C)cc3)nn12. The number of nitrogens with one attached hydrogen (secondary N) is 1. The third-order valence-corrected chi connectivity index (χ3v) is 4.66. The van der Waals surface area contributed by atoms with Crippen molar-refractivity contribution in [1.29, 1.82) is 0 Å². The standard InChI is InChI=1S/C22H21N5O2/c1-15-7-9-16(10-8-15)18-11-12-20-24-25-21(27(20)26-18)14-23-22(28)13-17-5-3-4-6-19(17)29-2/h3-12H,13-14H2,1-2H3,(H,23,28). The Bertz CT molecular complexity index is 1150. The van der Waals surface area contributed by atoms with E-state index in [0.717, 1.165) is 16.8 Å². The molecule has 0 fully saturated rings. The number of aryl methyl sites for hydroxylation is 1. The molecule has 0 saturated carbocycles. The van der Waals surface area contributed by atoms with Crippen LogP contribution in [-0.2, 0) is 17.8 Å². The number of para-hydroxylation sites is 1. The summed E-state index contributed by atoms with van der Waals surface area (Å²) in [7, 11) is 1.59. The van der Waals surface area contributed by atoms with Crippen molar-refractivity contribution in [2.75, 3.05) is 7.11 Å². The summed E-state index contributed by atoms with van der Waals surface area (Å²) >= 11 is 0. The molecule has 4 aromatic rings. The molecule has 7 nitrogen and oxygen atoms in total. The van der Waals surface area contributed by atoms with Crippen molar-refractivity contribution in [3.63, 3.8) is 0 Å². The Kier molecular flexibility index (Phi) is 5.20. The average Bonchev–Trinajstić information content (AvgIpc) is 3.15. The number of benzene rings is 2. The van der Waals surface area contributed by atoms with E-state index in [2.05, 4.69) is 20.6 Å². The van der Waals surface area contributed by atoms with Crippen LogP contribution in [0.3, 0.4) is 0 Å². The molecular weight excluding hydrogens is 366 g/mol. The van der Waals surface area contributed by atoms with E-state index in [-0.39, 0.29) is 18.9 Å². The van der Waals surface area contributed by atoms with Crippen LogP contribution in [0.25, 0.3) is 16.9 Å². The second-order valence-corrected chi connectivity index (χ2v) is 6.74. The van der Waals surface area contributed by atoms with Gasteiger partial charge in [0.15, 0.2) is 11.5 Å². The summed E-state index contributed by atoms with van der Waals surface area (Å²) < 4.78 is 6.97. The first-order chi connectivity index (χ1) is 14.1. The van der Waals surface area contributed by atoms with E-state index >= 15 is 0 Å². The van der Waals surface area contributed by atoms with Gasteiger partial charge >= 0.3 is 0 Å². The summed E-state index contributed by atoms with van der Waals surface area (Å²) in [6, 6.07) is 19.4. The fourth-order valence-electron chi connectivity index (χ4n) is 3.08. The number of methoxy groups -OCH3 is 1. The van der Waals surface area contributed by atoms with Crippen LogP contribution in [0, 0.1) is 6.92 Å². The summed E-state index contributed by atoms with van der Waals surface area (Å²) in [5.41, 5.74) is 4.49. The molecule has 2 aromatic carbocycles. The number of aromatic nitrogens is 4. The molecule has 0 bridgehead atoms. The van der Waals surface area contributed by atoms with Crippen molar-refractivity contribution in [2.24, 2.45) is 0 Å². The molecule has 0 aliphatic heterocycles.